The SMILES string of the molecule is CC(C)NC(=S)Nc1cc([N+](=O)[O-])ccc1F. The lowest BCUT2D eigenvalue weighted by Gasteiger charge is -2.13. The van der Waals surface area contributed by atoms with Crippen LogP contribution in [-0.2, 0) is 0 Å². The van der Waals surface area contributed by atoms with Gasteiger partial charge in [0.25, 0.3) is 5.69 Å². The number of anilines is 1. The Bertz CT molecular complexity index is 451. The summed E-state index contributed by atoms with van der Waals surface area (Å²) >= 11 is 4.92. The lowest BCUT2D eigenvalue weighted by atomic mass is 10.2. The van der Waals surface area contributed by atoms with Crippen molar-refractivity contribution in [3.05, 3.63) is 34.1 Å². The van der Waals surface area contributed by atoms with Gasteiger partial charge in [-0.05, 0) is 32.1 Å². The first-order valence-corrected chi connectivity index (χ1v) is 5.32. The first kappa shape index (κ1) is 13.3. The number of nitrogens with zero attached hydrogens (tertiary/aromatic N) is 1. The summed E-state index contributed by atoms with van der Waals surface area (Å²) in [6.45, 7) is 3.75. The van der Waals surface area contributed by atoms with Gasteiger partial charge in [0, 0.05) is 18.2 Å². The monoisotopic (exact) mass is 257 g/mol. The second-order valence-corrected chi connectivity index (χ2v) is 4.08. The van der Waals surface area contributed by atoms with Crippen LogP contribution in [0.2, 0.25) is 0 Å². The molecule has 0 saturated carbocycles. The van der Waals surface area contributed by atoms with E-state index in [1.165, 1.54) is 0 Å². The maximum atomic E-state index is 13.4. The first-order valence-electron chi connectivity index (χ1n) is 4.91. The molecule has 0 saturated heterocycles. The van der Waals surface area contributed by atoms with Crippen LogP contribution in [-0.4, -0.2) is 16.1 Å². The van der Waals surface area contributed by atoms with Crippen LogP contribution >= 0.6 is 12.2 Å². The van der Waals surface area contributed by atoms with Gasteiger partial charge in [0.1, 0.15) is 5.82 Å². The molecule has 0 unspecified atom stereocenters. The molecule has 2 N–H and O–H groups in total. The van der Waals surface area contributed by atoms with Gasteiger partial charge in [0.15, 0.2) is 5.11 Å². The normalized spacial score (nSPS) is 10.1. The Labute approximate surface area is 103 Å². The molecule has 1 rings (SSSR count). The quantitative estimate of drug-likeness (QED) is 0.494. The van der Waals surface area contributed by atoms with Crippen molar-refractivity contribution in [1.29, 1.82) is 0 Å². The third-order valence-electron chi connectivity index (χ3n) is 1.83. The van der Waals surface area contributed by atoms with E-state index in [9.17, 15) is 14.5 Å². The van der Waals surface area contributed by atoms with Crippen molar-refractivity contribution in [2.45, 2.75) is 19.9 Å². The molecule has 0 aromatic heterocycles. The summed E-state index contributed by atoms with van der Waals surface area (Å²) in [4.78, 5) is 9.94. The first-order chi connectivity index (χ1) is 7.90. The van der Waals surface area contributed by atoms with Gasteiger partial charge >= 0.3 is 0 Å². The molecule has 5 nitrogen and oxygen atoms in total. The average molecular weight is 257 g/mol. The average Bonchev–Trinajstić information content (AvgIpc) is 2.19. The molecule has 92 valence electrons. The van der Waals surface area contributed by atoms with Crippen LogP contribution in [0.5, 0.6) is 0 Å². The molecule has 7 heteroatoms. The standard InChI is InChI=1S/C10H12FN3O2S/c1-6(2)12-10(17)13-9-5-7(14(15)16)3-4-8(9)11/h3-6H,1-2H3,(H2,12,13,17). The summed E-state index contributed by atoms with van der Waals surface area (Å²) < 4.78 is 13.4. The summed E-state index contributed by atoms with van der Waals surface area (Å²) in [6, 6.07) is 3.32. The highest BCUT2D eigenvalue weighted by molar-refractivity contribution is 7.80. The Balaban J connectivity index is 2.86. The molecule has 0 spiro atoms. The molecule has 0 amide bonds. The molecule has 17 heavy (non-hydrogen) atoms. The fraction of sp³-hybridized carbons (Fsp3) is 0.300. The molecule has 0 bridgehead atoms. The number of rotatable bonds is 3. The molecule has 0 aliphatic heterocycles. The van der Waals surface area contributed by atoms with E-state index in [1.807, 2.05) is 13.8 Å². The lowest BCUT2D eigenvalue weighted by molar-refractivity contribution is -0.384. The topological polar surface area (TPSA) is 67.2 Å². The van der Waals surface area contributed by atoms with Gasteiger partial charge in [-0.3, -0.25) is 10.1 Å². The Hall–Kier alpha value is -1.76. The molecule has 0 aliphatic rings. The van der Waals surface area contributed by atoms with Crippen LogP contribution in [0.15, 0.2) is 18.2 Å². The third kappa shape index (κ3) is 3.95. The number of nitro benzene ring substituents is 1. The highest BCUT2D eigenvalue weighted by atomic mass is 32.1. The molecule has 0 aliphatic carbocycles. The van der Waals surface area contributed by atoms with Gasteiger partial charge in [-0.15, -0.1) is 0 Å². The van der Waals surface area contributed by atoms with Crippen LogP contribution in [0.1, 0.15) is 13.8 Å². The van der Waals surface area contributed by atoms with Gasteiger partial charge in [0.2, 0.25) is 0 Å². The summed E-state index contributed by atoms with van der Waals surface area (Å²) in [6.07, 6.45) is 0. The van der Waals surface area contributed by atoms with Crippen molar-refractivity contribution < 1.29 is 9.31 Å². The summed E-state index contributed by atoms with van der Waals surface area (Å²) in [5.74, 6) is -0.594. The minimum Gasteiger partial charge on any atom is -0.360 e. The van der Waals surface area contributed by atoms with Crippen LogP contribution < -0.4 is 10.6 Å². The molecule has 1 aromatic rings. The molecule has 0 fully saturated rings. The van der Waals surface area contributed by atoms with Crippen LogP contribution in [0.25, 0.3) is 0 Å². The number of thiocarbonyl (C=S) groups is 1. The summed E-state index contributed by atoms with van der Waals surface area (Å²) in [7, 11) is 0. The number of halogens is 1. The largest absolute Gasteiger partial charge is 0.360 e. The Morgan fingerprint density at radius 3 is 2.71 bits per heavy atom. The van der Waals surface area contributed by atoms with Crippen molar-refractivity contribution in [2.75, 3.05) is 5.32 Å². The zero-order chi connectivity index (χ0) is 13.0. The fourth-order valence-corrected chi connectivity index (χ4v) is 1.49. The summed E-state index contributed by atoms with van der Waals surface area (Å²) in [5, 5.41) is 16.2. The minimum absolute atomic E-state index is 0.0163. The van der Waals surface area contributed by atoms with Crippen molar-refractivity contribution in [3.8, 4) is 0 Å². The number of hydrogen-bond donors (Lipinski definition) is 2. The van der Waals surface area contributed by atoms with Crippen molar-refractivity contribution in [2.24, 2.45) is 0 Å². The highest BCUT2D eigenvalue weighted by Gasteiger charge is 2.11. The van der Waals surface area contributed by atoms with E-state index in [2.05, 4.69) is 10.6 Å². The molecule has 0 heterocycles. The molecular weight excluding hydrogens is 245 g/mol. The van der Waals surface area contributed by atoms with Crippen molar-refractivity contribution in [3.63, 3.8) is 0 Å². The number of hydrogen-bond acceptors (Lipinski definition) is 3. The minimum atomic E-state index is -0.594. The Morgan fingerprint density at radius 2 is 2.18 bits per heavy atom. The number of benzene rings is 1. The second-order valence-electron chi connectivity index (χ2n) is 3.67. The van der Waals surface area contributed by atoms with Crippen LogP contribution in [0, 0.1) is 15.9 Å². The van der Waals surface area contributed by atoms with E-state index in [4.69, 9.17) is 12.2 Å². The van der Waals surface area contributed by atoms with Gasteiger partial charge < -0.3 is 10.6 Å². The number of non-ortho nitro benzene ring substituents is 1. The fourth-order valence-electron chi connectivity index (χ4n) is 1.14. The zero-order valence-corrected chi connectivity index (χ0v) is 10.2. The Kier molecular flexibility index (Phi) is 4.33. The van der Waals surface area contributed by atoms with Gasteiger partial charge in [-0.25, -0.2) is 4.39 Å². The van der Waals surface area contributed by atoms with Crippen molar-refractivity contribution in [1.82, 2.24) is 5.32 Å². The van der Waals surface area contributed by atoms with Gasteiger partial charge in [0.05, 0.1) is 10.6 Å². The van der Waals surface area contributed by atoms with Crippen LogP contribution in [0.3, 0.4) is 0 Å². The smallest absolute Gasteiger partial charge is 0.271 e. The third-order valence-corrected chi connectivity index (χ3v) is 2.05. The number of nitrogens with one attached hydrogen (secondary N) is 2. The highest BCUT2D eigenvalue weighted by Crippen LogP contribution is 2.21. The predicted molar refractivity (Wildman–Crippen MR) is 67.5 cm³/mol. The van der Waals surface area contributed by atoms with E-state index in [-0.39, 0.29) is 22.5 Å². The van der Waals surface area contributed by atoms with Gasteiger partial charge in [-0.2, -0.15) is 0 Å². The molecule has 0 atom stereocenters. The maximum absolute atomic E-state index is 13.4. The van der Waals surface area contributed by atoms with E-state index < -0.39 is 10.7 Å². The molecule has 1 aromatic carbocycles. The summed E-state index contributed by atoms with van der Waals surface area (Å²) in [5.41, 5.74) is -0.210. The molecular formula is C10H12FN3O2S. The van der Waals surface area contributed by atoms with E-state index in [1.54, 1.807) is 0 Å². The predicted octanol–water partition coefficient (Wildman–Crippen LogP) is 2.43. The lowest BCUT2D eigenvalue weighted by Crippen LogP contribution is -2.34. The molecule has 0 radical (unpaired) electrons. The van der Waals surface area contributed by atoms with Gasteiger partial charge in [-0.1, -0.05) is 0 Å². The van der Waals surface area contributed by atoms with E-state index >= 15 is 0 Å². The van der Waals surface area contributed by atoms with E-state index in [0.717, 1.165) is 18.2 Å². The number of nitro groups is 1. The second kappa shape index (κ2) is 5.53. The van der Waals surface area contributed by atoms with E-state index in [0.29, 0.717) is 0 Å². The maximum Gasteiger partial charge on any atom is 0.271 e. The van der Waals surface area contributed by atoms with Crippen molar-refractivity contribution >= 4 is 28.7 Å². The van der Waals surface area contributed by atoms with Crippen LogP contribution in [0.4, 0.5) is 15.8 Å². The Morgan fingerprint density at radius 1 is 1.53 bits per heavy atom. The zero-order valence-electron chi connectivity index (χ0n) is 9.36.